The van der Waals surface area contributed by atoms with Gasteiger partial charge in [0.15, 0.2) is 5.69 Å². The molecule has 1 atom stereocenters. The van der Waals surface area contributed by atoms with Crippen molar-refractivity contribution in [3.63, 3.8) is 0 Å². The third-order valence-electron chi connectivity index (χ3n) is 13.8. The van der Waals surface area contributed by atoms with Gasteiger partial charge < -0.3 is 24.1 Å². The molecule has 0 amide bonds. The van der Waals surface area contributed by atoms with E-state index in [0.29, 0.717) is 24.4 Å². The zero-order chi connectivity index (χ0) is 61.7. The average molecular weight is 1310 g/mol. The van der Waals surface area contributed by atoms with Crippen LogP contribution in [0.2, 0.25) is 0 Å². The van der Waals surface area contributed by atoms with Gasteiger partial charge in [-0.1, -0.05) is 30.3 Å². The molecule has 0 saturated carbocycles. The molecule has 10 heterocycles. The van der Waals surface area contributed by atoms with Crippen molar-refractivity contribution in [3.8, 4) is 22.6 Å². The van der Waals surface area contributed by atoms with Crippen LogP contribution in [0.3, 0.4) is 0 Å². The molecule has 10 rings (SSSR count). The third-order valence-corrected chi connectivity index (χ3v) is 14.7. The molecule has 2 aliphatic heterocycles. The molecular weight excluding hydrogens is 1250 g/mol. The maximum Gasteiger partial charge on any atom is 0.514 e. The number of alkyl halides is 6. The molecule has 8 aromatic rings. The minimum absolute atomic E-state index is 0.0435. The molecule has 15 nitrogen and oxygen atoms in total. The number of rotatable bonds is 9. The highest BCUT2D eigenvalue weighted by Gasteiger charge is 2.54. The Labute approximate surface area is 493 Å². The number of ether oxygens (including phenoxy) is 1. The van der Waals surface area contributed by atoms with Crippen LogP contribution >= 0.6 is 31.9 Å². The van der Waals surface area contributed by atoms with Gasteiger partial charge >= 0.3 is 26.6 Å². The highest BCUT2D eigenvalue weighted by Crippen LogP contribution is 2.39. The topological polar surface area (TPSA) is 192 Å². The van der Waals surface area contributed by atoms with Gasteiger partial charge in [-0.3, -0.25) is 15.1 Å². The first kappa shape index (κ1) is 65.1. The number of halogens is 12. The Morgan fingerprint density at radius 2 is 1.10 bits per heavy atom. The molecule has 0 radical (unpaired) electrons. The van der Waals surface area contributed by atoms with Gasteiger partial charge in [-0.2, -0.15) is 64.1 Å². The number of nitrogens with zero attached hydrogens (tertiary/aromatic N) is 9. The fraction of sp³-hybridized carbons (Fsp3) is 0.345. The van der Waals surface area contributed by atoms with Crippen LogP contribution in [0.5, 0.6) is 0 Å². The predicted molar refractivity (Wildman–Crippen MR) is 298 cm³/mol. The maximum absolute atomic E-state index is 14.1. The molecule has 2 fully saturated rings. The summed E-state index contributed by atoms with van der Waals surface area (Å²) in [7, 11) is -2.87. The fourth-order valence-corrected chi connectivity index (χ4v) is 8.97. The summed E-state index contributed by atoms with van der Waals surface area (Å²) in [5.74, 6) is -4.12. The second kappa shape index (κ2) is 26.0. The molecule has 0 aliphatic carbocycles. The Morgan fingerprint density at radius 3 is 1.56 bits per heavy atom. The minimum atomic E-state index is -4.54. The lowest BCUT2D eigenvalue weighted by Crippen LogP contribution is -2.42. The van der Waals surface area contributed by atoms with Gasteiger partial charge in [0.2, 0.25) is 23.8 Å². The lowest BCUT2D eigenvalue weighted by molar-refractivity contribution is -0.142. The van der Waals surface area contributed by atoms with Crippen LogP contribution in [-0.2, 0) is 37.2 Å². The molecule has 8 aromatic heterocycles. The summed E-state index contributed by atoms with van der Waals surface area (Å²) in [5.41, 5.74) is -0.748. The molecule has 29 heteroatoms. The van der Waals surface area contributed by atoms with Crippen LogP contribution < -0.4 is 11.1 Å². The zero-order valence-corrected chi connectivity index (χ0v) is 49.3. The summed E-state index contributed by atoms with van der Waals surface area (Å²) in [6.07, 6.45) is -7.20. The van der Waals surface area contributed by atoms with E-state index in [9.17, 15) is 43.9 Å². The molecule has 1 unspecified atom stereocenters. The quantitative estimate of drug-likeness (QED) is 0.0703. The van der Waals surface area contributed by atoms with Gasteiger partial charge in [-0.05, 0) is 185 Å². The van der Waals surface area contributed by atoms with E-state index in [0.717, 1.165) is 63.8 Å². The fourth-order valence-electron chi connectivity index (χ4n) is 8.28. The number of aromatic nitrogens is 10. The van der Waals surface area contributed by atoms with Crippen molar-refractivity contribution in [3.05, 3.63) is 176 Å². The first-order valence-electron chi connectivity index (χ1n) is 25.7. The minimum Gasteiger partial charge on any atom is -0.423 e. The number of nitrogens with one attached hydrogen (secondary N) is 1. The maximum atomic E-state index is 14.1. The number of hydrogen-bond acceptors (Lipinski definition) is 13. The highest BCUT2D eigenvalue weighted by atomic mass is 79.9. The monoisotopic (exact) mass is 1300 g/mol. The molecule has 3 N–H and O–H groups in total. The molecule has 2 aliphatic rings. The van der Waals surface area contributed by atoms with Crippen LogP contribution in [0.1, 0.15) is 115 Å². The van der Waals surface area contributed by atoms with Gasteiger partial charge in [0.05, 0.1) is 56.5 Å². The lowest BCUT2D eigenvalue weighted by atomic mass is 9.81. The third kappa shape index (κ3) is 15.7. The van der Waals surface area contributed by atoms with Crippen molar-refractivity contribution < 1.29 is 68.0 Å². The second-order valence-electron chi connectivity index (χ2n) is 21.1. The van der Waals surface area contributed by atoms with Crippen LogP contribution in [0.4, 0.5) is 43.9 Å². The van der Waals surface area contributed by atoms with E-state index in [-0.39, 0.29) is 33.7 Å². The Hall–Kier alpha value is -6.49. The van der Waals surface area contributed by atoms with Crippen molar-refractivity contribution in [2.24, 2.45) is 0 Å². The molecule has 0 bridgehead atoms. The number of pyridine rings is 6. The smallest absolute Gasteiger partial charge is 0.423 e. The number of H-pyrrole nitrogens is 1. The second-order valence-corrected chi connectivity index (χ2v) is 22.7. The van der Waals surface area contributed by atoms with E-state index < -0.39 is 90.1 Å². The van der Waals surface area contributed by atoms with Gasteiger partial charge in [0, 0.05) is 22.9 Å². The largest absolute Gasteiger partial charge is 0.514 e. The summed E-state index contributed by atoms with van der Waals surface area (Å²) >= 11 is 6.80. The normalized spacial score (nSPS) is 15.9. The van der Waals surface area contributed by atoms with E-state index in [1.807, 2.05) is 83.0 Å². The molecule has 444 valence electrons. The molecule has 84 heavy (non-hydrogen) atoms. The summed E-state index contributed by atoms with van der Waals surface area (Å²) in [4.78, 5) is 24.0. The predicted octanol–water partition coefficient (Wildman–Crippen LogP) is 11.8. The Kier molecular flexibility index (Phi) is 20.1. The Bertz CT molecular complexity index is 3500. The van der Waals surface area contributed by atoms with Crippen molar-refractivity contribution in [2.45, 2.75) is 115 Å². The standard InChI is InChI=1S/C22H16F5N5.C15H22BF3N2O3.C13H12Br2N2.C5H4BF2NO2/c1-21(2,16-7-3-5-13(28-16)12-9-10-19(23)30-20(12)24)17-8-4-6-14(29-17)15-11-18(32-31-15)22(25,26)27;1-13(2)14(3,4)24-16(23-13)11-9-10(15(17,18)19)20-21(11)12-7-5-6-8-22-12;1-13(2,9-5-3-7-11(14)16-9)10-6-4-8-12(15)17-10;7-4-2-1-3(6(10)11)5(8)9-4/h3-11H,1-2H3,(H,31,32);9,12H,5-8H2,1-4H3;3-8H,1-2H3;1-2,10-11H. The van der Waals surface area contributed by atoms with Gasteiger partial charge in [0.1, 0.15) is 26.8 Å². The van der Waals surface area contributed by atoms with E-state index in [2.05, 4.69) is 85.8 Å². The average Bonchev–Trinajstić information content (AvgIpc) is 3.38. The number of aromatic amines is 1. The summed E-state index contributed by atoms with van der Waals surface area (Å²) in [5, 5.41) is 26.3. The first-order chi connectivity index (χ1) is 39.2. The van der Waals surface area contributed by atoms with E-state index in [4.69, 9.17) is 24.1 Å². The van der Waals surface area contributed by atoms with E-state index in [1.165, 1.54) is 10.7 Å². The molecular formula is C55H54B2Br2F10N10O5. The Balaban J connectivity index is 0.000000172. The lowest BCUT2D eigenvalue weighted by Gasteiger charge is -2.32. The zero-order valence-electron chi connectivity index (χ0n) is 46.1. The van der Waals surface area contributed by atoms with E-state index in [1.54, 1.807) is 36.4 Å². The van der Waals surface area contributed by atoms with Crippen LogP contribution in [0.15, 0.2) is 118 Å². The van der Waals surface area contributed by atoms with Crippen molar-refractivity contribution >= 4 is 57.2 Å². The molecule has 0 spiro atoms. The Morgan fingerprint density at radius 1 is 0.595 bits per heavy atom. The van der Waals surface area contributed by atoms with Crippen molar-refractivity contribution in [1.29, 1.82) is 0 Å². The van der Waals surface area contributed by atoms with Gasteiger partial charge in [-0.25, -0.2) is 14.6 Å². The van der Waals surface area contributed by atoms with Crippen LogP contribution in [-0.4, -0.2) is 92.0 Å². The van der Waals surface area contributed by atoms with Crippen molar-refractivity contribution in [1.82, 2.24) is 49.9 Å². The van der Waals surface area contributed by atoms with E-state index >= 15 is 0 Å². The van der Waals surface area contributed by atoms with Gasteiger partial charge in [0.25, 0.3) is 0 Å². The molecule has 0 aromatic carbocycles. The molecule has 2 saturated heterocycles. The SMILES string of the molecule is CC(C)(c1cccc(-c2cc(C(F)(F)F)[nH]n2)n1)c1cccc(-c2ccc(F)nc2F)n1.CC(C)(c1cccc(Br)n1)c1cccc(Br)n1.CC1(C)OB(c2cc(C(F)(F)F)nn2C2CCCCO2)OC1(C)C.OB(O)c1ccc(F)nc1F. The summed E-state index contributed by atoms with van der Waals surface area (Å²) in [6, 6.07) is 27.7. The summed E-state index contributed by atoms with van der Waals surface area (Å²) < 4.78 is 150. The summed E-state index contributed by atoms with van der Waals surface area (Å²) in [6.45, 7) is 15.8. The first-order valence-corrected chi connectivity index (χ1v) is 27.2. The van der Waals surface area contributed by atoms with Crippen LogP contribution in [0, 0.1) is 23.8 Å². The van der Waals surface area contributed by atoms with Crippen LogP contribution in [0.25, 0.3) is 22.6 Å². The van der Waals surface area contributed by atoms with Crippen molar-refractivity contribution in [2.75, 3.05) is 6.61 Å². The van der Waals surface area contributed by atoms with Gasteiger partial charge in [-0.15, -0.1) is 0 Å². The number of hydrogen-bond donors (Lipinski definition) is 3. The highest BCUT2D eigenvalue weighted by molar-refractivity contribution is 9.10.